The van der Waals surface area contributed by atoms with Crippen molar-refractivity contribution in [1.29, 1.82) is 0 Å². The Morgan fingerprint density at radius 1 is 0.522 bits per heavy atom. The standard InChI is InChI=1S/C28H54N10O8/c1-18(40)19(8-2-5-11-29)36-26(44)20(9-3-6-12-30)37-27(45)21(10-4-7-13-31)38-28(46)22(17-39)35-25(43)16-34-24(42)15-33-23(41)14-32/h19-22,39H,2-17,29-32H2,1H3,(H,33,41)(H,34,42)(H,35,43)(H,36,44)(H,37,45)(H,38,46)/t19-,20-,21-,22-/m0/s1. The molecule has 0 saturated heterocycles. The van der Waals surface area contributed by atoms with E-state index in [1.54, 1.807) is 0 Å². The van der Waals surface area contributed by atoms with E-state index in [1.807, 2.05) is 0 Å². The molecule has 0 saturated carbocycles. The van der Waals surface area contributed by atoms with Gasteiger partial charge in [-0.1, -0.05) is 0 Å². The van der Waals surface area contributed by atoms with E-state index < -0.39 is 79.3 Å². The van der Waals surface area contributed by atoms with Gasteiger partial charge in [-0.15, -0.1) is 0 Å². The summed E-state index contributed by atoms with van der Waals surface area (Å²) in [5.41, 5.74) is 21.9. The molecule has 18 heteroatoms. The summed E-state index contributed by atoms with van der Waals surface area (Å²) in [6.07, 6.45) is 4.13. The average Bonchev–Trinajstić information content (AvgIpc) is 3.03. The third kappa shape index (κ3) is 18.9. The molecule has 0 heterocycles. The van der Waals surface area contributed by atoms with Gasteiger partial charge in [-0.05, 0) is 84.3 Å². The van der Waals surface area contributed by atoms with Crippen molar-refractivity contribution >= 4 is 41.2 Å². The van der Waals surface area contributed by atoms with Gasteiger partial charge in [0.15, 0.2) is 5.78 Å². The Bertz CT molecular complexity index is 984. The number of aliphatic hydroxyl groups is 1. The lowest BCUT2D eigenvalue weighted by atomic mass is 10.0. The van der Waals surface area contributed by atoms with Crippen LogP contribution in [0.5, 0.6) is 0 Å². The molecule has 0 rings (SSSR count). The molecular formula is C28H54N10O8. The highest BCUT2D eigenvalue weighted by Gasteiger charge is 2.30. The number of aliphatic hydroxyl groups excluding tert-OH is 1. The number of carbonyl (C=O) groups is 7. The Hall–Kier alpha value is -3.71. The van der Waals surface area contributed by atoms with Crippen LogP contribution in [0.3, 0.4) is 0 Å². The van der Waals surface area contributed by atoms with Gasteiger partial charge >= 0.3 is 0 Å². The first-order chi connectivity index (χ1) is 21.9. The van der Waals surface area contributed by atoms with Crippen LogP contribution in [0.25, 0.3) is 0 Å². The summed E-state index contributed by atoms with van der Waals surface area (Å²) in [6.45, 7) is 0.404. The highest BCUT2D eigenvalue weighted by atomic mass is 16.3. The van der Waals surface area contributed by atoms with Crippen molar-refractivity contribution in [2.45, 2.75) is 88.9 Å². The van der Waals surface area contributed by atoms with Gasteiger partial charge in [0.05, 0.1) is 32.3 Å². The maximum absolute atomic E-state index is 13.4. The predicted molar refractivity (Wildman–Crippen MR) is 169 cm³/mol. The molecule has 0 aromatic rings. The van der Waals surface area contributed by atoms with Gasteiger partial charge in [0, 0.05) is 0 Å². The number of hydrogen-bond acceptors (Lipinski definition) is 12. The van der Waals surface area contributed by atoms with Crippen LogP contribution < -0.4 is 54.8 Å². The number of unbranched alkanes of at least 4 members (excludes halogenated alkanes) is 3. The second kappa shape index (κ2) is 25.5. The van der Waals surface area contributed by atoms with E-state index in [0.29, 0.717) is 64.6 Å². The topological polar surface area (TPSA) is 316 Å². The first-order valence-corrected chi connectivity index (χ1v) is 15.6. The number of amides is 6. The Balaban J connectivity index is 5.55. The van der Waals surface area contributed by atoms with Gasteiger partial charge in [-0.25, -0.2) is 0 Å². The normalized spacial score (nSPS) is 13.3. The molecule has 46 heavy (non-hydrogen) atoms. The van der Waals surface area contributed by atoms with Gasteiger partial charge < -0.3 is 59.9 Å². The highest BCUT2D eigenvalue weighted by Crippen LogP contribution is 2.08. The lowest BCUT2D eigenvalue weighted by Crippen LogP contribution is -2.58. The van der Waals surface area contributed by atoms with E-state index in [1.165, 1.54) is 6.92 Å². The average molecular weight is 659 g/mol. The summed E-state index contributed by atoms with van der Waals surface area (Å²) in [5.74, 6) is -4.44. The van der Waals surface area contributed by atoms with Crippen molar-refractivity contribution in [2.24, 2.45) is 22.9 Å². The van der Waals surface area contributed by atoms with E-state index in [9.17, 15) is 38.7 Å². The van der Waals surface area contributed by atoms with E-state index in [0.717, 1.165) is 0 Å². The van der Waals surface area contributed by atoms with Crippen molar-refractivity contribution in [1.82, 2.24) is 31.9 Å². The molecule has 0 unspecified atom stereocenters. The number of Topliss-reactive ketones (excluding diaryl/α,β-unsaturated/α-hetero) is 1. The summed E-state index contributed by atoms with van der Waals surface area (Å²) in [4.78, 5) is 87.1. The van der Waals surface area contributed by atoms with Crippen LogP contribution in [0.2, 0.25) is 0 Å². The van der Waals surface area contributed by atoms with Crippen LogP contribution in [0.4, 0.5) is 0 Å². The Kier molecular flexibility index (Phi) is 23.4. The minimum atomic E-state index is -1.47. The molecule has 0 aliphatic rings. The van der Waals surface area contributed by atoms with Crippen LogP contribution in [0.1, 0.15) is 64.7 Å². The molecule has 0 spiro atoms. The molecule has 6 amide bonds. The summed E-state index contributed by atoms with van der Waals surface area (Å²) in [7, 11) is 0. The number of carbonyl (C=O) groups excluding carboxylic acids is 7. The zero-order chi connectivity index (χ0) is 34.9. The fraction of sp³-hybridized carbons (Fsp3) is 0.750. The Labute approximate surface area is 269 Å². The van der Waals surface area contributed by atoms with Crippen molar-refractivity contribution in [3.63, 3.8) is 0 Å². The molecule has 0 aromatic heterocycles. The first kappa shape index (κ1) is 42.3. The molecule has 0 bridgehead atoms. The highest BCUT2D eigenvalue weighted by molar-refractivity contribution is 5.96. The molecule has 4 atom stereocenters. The number of nitrogens with two attached hydrogens (primary N) is 4. The van der Waals surface area contributed by atoms with Crippen LogP contribution in [-0.4, -0.2) is 116 Å². The third-order valence-corrected chi connectivity index (χ3v) is 6.83. The number of ketones is 1. The van der Waals surface area contributed by atoms with E-state index in [4.69, 9.17) is 22.9 Å². The van der Waals surface area contributed by atoms with Crippen molar-refractivity contribution in [3.05, 3.63) is 0 Å². The summed E-state index contributed by atoms with van der Waals surface area (Å²) in [6, 6.07) is -4.42. The van der Waals surface area contributed by atoms with Gasteiger partial charge in [0.25, 0.3) is 0 Å². The zero-order valence-electron chi connectivity index (χ0n) is 26.7. The maximum Gasteiger partial charge on any atom is 0.245 e. The van der Waals surface area contributed by atoms with Crippen molar-refractivity contribution in [2.75, 3.05) is 45.9 Å². The minimum Gasteiger partial charge on any atom is -0.394 e. The van der Waals surface area contributed by atoms with Crippen molar-refractivity contribution in [3.8, 4) is 0 Å². The summed E-state index contributed by atoms with van der Waals surface area (Å²) >= 11 is 0. The van der Waals surface area contributed by atoms with Crippen LogP contribution >= 0.6 is 0 Å². The van der Waals surface area contributed by atoms with Crippen LogP contribution in [-0.2, 0) is 33.6 Å². The number of rotatable bonds is 26. The SMILES string of the molecule is CC(=O)[C@H](CCCCN)NC(=O)[C@H](CCCCN)NC(=O)[C@H](CCCCN)NC(=O)[C@H](CO)NC(=O)CNC(=O)CNC(=O)CN. The Morgan fingerprint density at radius 3 is 1.33 bits per heavy atom. The zero-order valence-corrected chi connectivity index (χ0v) is 26.7. The summed E-state index contributed by atoms with van der Waals surface area (Å²) in [5, 5.41) is 24.4. The molecule has 0 aliphatic carbocycles. The van der Waals surface area contributed by atoms with Gasteiger partial charge in [0.2, 0.25) is 35.4 Å². The smallest absolute Gasteiger partial charge is 0.245 e. The van der Waals surface area contributed by atoms with Crippen LogP contribution in [0, 0.1) is 0 Å². The molecular weight excluding hydrogens is 604 g/mol. The van der Waals surface area contributed by atoms with Gasteiger partial charge in [-0.2, -0.15) is 0 Å². The van der Waals surface area contributed by atoms with E-state index in [2.05, 4.69) is 31.9 Å². The van der Waals surface area contributed by atoms with E-state index >= 15 is 0 Å². The second-order valence-corrected chi connectivity index (χ2v) is 10.7. The molecule has 0 fully saturated rings. The fourth-order valence-corrected chi connectivity index (χ4v) is 4.14. The Morgan fingerprint density at radius 2 is 0.913 bits per heavy atom. The van der Waals surface area contributed by atoms with Crippen molar-refractivity contribution < 1.29 is 38.7 Å². The molecule has 15 N–H and O–H groups in total. The molecule has 0 aliphatic heterocycles. The number of nitrogens with one attached hydrogen (secondary N) is 6. The quantitative estimate of drug-likeness (QED) is 0.0390. The van der Waals surface area contributed by atoms with Gasteiger partial charge in [0.1, 0.15) is 18.1 Å². The molecule has 0 radical (unpaired) electrons. The monoisotopic (exact) mass is 658 g/mol. The largest absolute Gasteiger partial charge is 0.394 e. The first-order valence-electron chi connectivity index (χ1n) is 15.6. The maximum atomic E-state index is 13.4. The minimum absolute atomic E-state index is 0.137. The van der Waals surface area contributed by atoms with Gasteiger partial charge in [-0.3, -0.25) is 33.6 Å². The number of hydrogen-bond donors (Lipinski definition) is 11. The molecule has 0 aromatic carbocycles. The summed E-state index contributed by atoms with van der Waals surface area (Å²) < 4.78 is 0. The van der Waals surface area contributed by atoms with E-state index in [-0.39, 0.29) is 25.2 Å². The second-order valence-electron chi connectivity index (χ2n) is 10.7. The predicted octanol–water partition coefficient (Wildman–Crippen LogP) is -4.92. The molecule has 264 valence electrons. The lowest BCUT2D eigenvalue weighted by Gasteiger charge is -2.26. The third-order valence-electron chi connectivity index (χ3n) is 6.83. The van der Waals surface area contributed by atoms with Crippen LogP contribution in [0.15, 0.2) is 0 Å². The molecule has 18 nitrogen and oxygen atoms in total. The lowest BCUT2D eigenvalue weighted by molar-refractivity contribution is -0.135. The fourth-order valence-electron chi connectivity index (χ4n) is 4.14.